The summed E-state index contributed by atoms with van der Waals surface area (Å²) < 4.78 is 5.13. The molecule has 0 saturated carbocycles. The highest BCUT2D eigenvalue weighted by Gasteiger charge is 2.44. The smallest absolute Gasteiger partial charge is 0.321 e. The van der Waals surface area contributed by atoms with E-state index in [1.54, 1.807) is 7.11 Å². The number of nitrogens with one attached hydrogen (secondary N) is 1. The first-order valence-electron chi connectivity index (χ1n) is 8.51. The largest absolute Gasteiger partial charge is 0.497 e. The van der Waals surface area contributed by atoms with Gasteiger partial charge >= 0.3 is 6.03 Å². The zero-order valence-corrected chi connectivity index (χ0v) is 14.4. The SMILES string of the molecule is COc1ccc(NC(=O)N2CCC[C@@]3(CCCC(=O)N3C)C2)cc1. The molecule has 0 radical (unpaired) electrons. The van der Waals surface area contributed by atoms with E-state index in [1.165, 1.54) is 0 Å². The van der Waals surface area contributed by atoms with Gasteiger partial charge in [0.15, 0.2) is 0 Å². The summed E-state index contributed by atoms with van der Waals surface area (Å²) in [6.07, 6.45) is 4.41. The molecular formula is C18H25N3O3. The Hall–Kier alpha value is -2.24. The molecule has 0 unspecified atom stereocenters. The Balaban J connectivity index is 1.67. The summed E-state index contributed by atoms with van der Waals surface area (Å²) in [6, 6.07) is 7.19. The van der Waals surface area contributed by atoms with Crippen LogP contribution in [0.1, 0.15) is 32.1 Å². The van der Waals surface area contributed by atoms with Gasteiger partial charge in [-0.2, -0.15) is 0 Å². The Morgan fingerprint density at radius 1 is 1.21 bits per heavy atom. The fourth-order valence-electron chi connectivity index (χ4n) is 3.81. The number of likely N-dealkylation sites (N-methyl/N-ethyl adjacent to an activating group) is 1. The number of nitrogens with zero attached hydrogens (tertiary/aromatic N) is 2. The number of carbonyl (C=O) groups is 2. The van der Waals surface area contributed by atoms with E-state index in [0.29, 0.717) is 13.0 Å². The third kappa shape index (κ3) is 3.18. The van der Waals surface area contributed by atoms with E-state index in [1.807, 2.05) is 41.1 Å². The Labute approximate surface area is 142 Å². The van der Waals surface area contributed by atoms with Gasteiger partial charge in [-0.1, -0.05) is 0 Å². The normalized spacial score (nSPS) is 24.2. The number of likely N-dealkylation sites (tertiary alicyclic amines) is 2. The van der Waals surface area contributed by atoms with Crippen LogP contribution in [-0.4, -0.2) is 54.5 Å². The van der Waals surface area contributed by atoms with Gasteiger partial charge < -0.3 is 19.9 Å². The molecule has 1 atom stereocenters. The molecule has 6 nitrogen and oxygen atoms in total. The van der Waals surface area contributed by atoms with Crippen molar-refractivity contribution >= 4 is 17.6 Å². The second-order valence-corrected chi connectivity index (χ2v) is 6.71. The van der Waals surface area contributed by atoms with E-state index in [9.17, 15) is 9.59 Å². The van der Waals surface area contributed by atoms with Crippen molar-refractivity contribution in [2.75, 3.05) is 32.6 Å². The summed E-state index contributed by atoms with van der Waals surface area (Å²) in [5.41, 5.74) is 0.554. The van der Waals surface area contributed by atoms with Crippen molar-refractivity contribution in [3.8, 4) is 5.75 Å². The molecule has 0 aromatic heterocycles. The zero-order valence-electron chi connectivity index (χ0n) is 14.4. The highest BCUT2D eigenvalue weighted by atomic mass is 16.5. The lowest BCUT2D eigenvalue weighted by atomic mass is 9.80. The molecule has 3 rings (SSSR count). The lowest BCUT2D eigenvalue weighted by molar-refractivity contribution is -0.142. The molecule has 2 aliphatic heterocycles. The van der Waals surface area contributed by atoms with Crippen molar-refractivity contribution in [2.24, 2.45) is 0 Å². The highest BCUT2D eigenvalue weighted by molar-refractivity contribution is 5.89. The molecule has 2 saturated heterocycles. The van der Waals surface area contributed by atoms with Gasteiger partial charge in [0.2, 0.25) is 5.91 Å². The fraction of sp³-hybridized carbons (Fsp3) is 0.556. The number of benzene rings is 1. The van der Waals surface area contributed by atoms with Crippen molar-refractivity contribution in [1.29, 1.82) is 0 Å². The average molecular weight is 331 g/mol. The molecule has 1 N–H and O–H groups in total. The van der Waals surface area contributed by atoms with Crippen LogP contribution in [0.4, 0.5) is 10.5 Å². The van der Waals surface area contributed by atoms with Crippen molar-refractivity contribution < 1.29 is 14.3 Å². The number of hydrogen-bond donors (Lipinski definition) is 1. The summed E-state index contributed by atoms with van der Waals surface area (Å²) in [4.78, 5) is 28.4. The Bertz CT molecular complexity index is 612. The van der Waals surface area contributed by atoms with Gasteiger partial charge in [-0.15, -0.1) is 0 Å². The van der Waals surface area contributed by atoms with Gasteiger partial charge in [0, 0.05) is 32.2 Å². The maximum atomic E-state index is 12.6. The molecule has 2 fully saturated rings. The van der Waals surface area contributed by atoms with Gasteiger partial charge in [-0.25, -0.2) is 4.79 Å². The summed E-state index contributed by atoms with van der Waals surface area (Å²) in [6.45, 7) is 1.34. The van der Waals surface area contributed by atoms with Crippen molar-refractivity contribution in [3.05, 3.63) is 24.3 Å². The number of carbonyl (C=O) groups excluding carboxylic acids is 2. The van der Waals surface area contributed by atoms with Crippen LogP contribution in [-0.2, 0) is 4.79 Å². The summed E-state index contributed by atoms with van der Waals surface area (Å²) in [7, 11) is 3.50. The van der Waals surface area contributed by atoms with Crippen LogP contribution in [0.2, 0.25) is 0 Å². The van der Waals surface area contributed by atoms with Crippen LogP contribution >= 0.6 is 0 Å². The van der Waals surface area contributed by atoms with Crippen LogP contribution < -0.4 is 10.1 Å². The summed E-state index contributed by atoms with van der Waals surface area (Å²) >= 11 is 0. The van der Waals surface area contributed by atoms with Crippen LogP contribution in [0, 0.1) is 0 Å². The fourth-order valence-corrected chi connectivity index (χ4v) is 3.81. The third-order valence-corrected chi connectivity index (χ3v) is 5.30. The molecule has 130 valence electrons. The van der Waals surface area contributed by atoms with Crippen LogP contribution in [0.25, 0.3) is 0 Å². The first-order chi connectivity index (χ1) is 11.5. The molecular weight excluding hydrogens is 306 g/mol. The molecule has 1 aromatic carbocycles. The van der Waals surface area contributed by atoms with Gasteiger partial charge in [0.05, 0.1) is 12.6 Å². The van der Waals surface area contributed by atoms with Crippen LogP contribution in [0.5, 0.6) is 5.75 Å². The quantitative estimate of drug-likeness (QED) is 0.906. The molecule has 1 spiro atoms. The van der Waals surface area contributed by atoms with Crippen molar-refractivity contribution in [1.82, 2.24) is 9.80 Å². The number of hydrogen-bond acceptors (Lipinski definition) is 3. The van der Waals surface area contributed by atoms with Crippen LogP contribution in [0.15, 0.2) is 24.3 Å². The predicted octanol–water partition coefficient (Wildman–Crippen LogP) is 2.70. The molecule has 2 heterocycles. The molecule has 3 amide bonds. The van der Waals surface area contributed by atoms with Crippen molar-refractivity contribution in [2.45, 2.75) is 37.6 Å². The second-order valence-electron chi connectivity index (χ2n) is 6.71. The van der Waals surface area contributed by atoms with Crippen LogP contribution in [0.3, 0.4) is 0 Å². The average Bonchev–Trinajstić information content (AvgIpc) is 2.60. The zero-order chi connectivity index (χ0) is 17.2. The van der Waals surface area contributed by atoms with E-state index in [0.717, 1.165) is 43.7 Å². The minimum atomic E-state index is -0.190. The molecule has 2 aliphatic rings. The van der Waals surface area contributed by atoms with E-state index in [-0.39, 0.29) is 17.5 Å². The predicted molar refractivity (Wildman–Crippen MR) is 92.2 cm³/mol. The molecule has 1 aromatic rings. The minimum Gasteiger partial charge on any atom is -0.497 e. The maximum absolute atomic E-state index is 12.6. The van der Waals surface area contributed by atoms with Gasteiger partial charge in [-0.05, 0) is 49.9 Å². The van der Waals surface area contributed by atoms with Gasteiger partial charge in [-0.3, -0.25) is 4.79 Å². The maximum Gasteiger partial charge on any atom is 0.321 e. The standard InChI is InChI=1S/C18H25N3O3/c1-20-16(22)5-3-10-18(20)11-4-12-21(13-18)17(23)19-14-6-8-15(24-2)9-7-14/h6-9H,3-5,10-13H2,1-2H3,(H,19,23)/t18-/m0/s1. The van der Waals surface area contributed by atoms with Gasteiger partial charge in [0.1, 0.15) is 5.75 Å². The topological polar surface area (TPSA) is 61.9 Å². The summed E-state index contributed by atoms with van der Waals surface area (Å²) in [5.74, 6) is 0.950. The lowest BCUT2D eigenvalue weighted by Gasteiger charge is -2.50. The molecule has 6 heteroatoms. The monoisotopic (exact) mass is 331 g/mol. The first kappa shape index (κ1) is 16.6. The number of amides is 3. The summed E-state index contributed by atoms with van der Waals surface area (Å²) in [5, 5.41) is 2.94. The Morgan fingerprint density at radius 2 is 1.92 bits per heavy atom. The Morgan fingerprint density at radius 3 is 2.62 bits per heavy atom. The van der Waals surface area contributed by atoms with E-state index < -0.39 is 0 Å². The Kier molecular flexibility index (Phi) is 4.64. The number of anilines is 1. The minimum absolute atomic E-state index is 0.106. The number of ether oxygens (including phenoxy) is 1. The highest BCUT2D eigenvalue weighted by Crippen LogP contribution is 2.35. The number of urea groups is 1. The van der Waals surface area contributed by atoms with E-state index in [2.05, 4.69) is 5.32 Å². The number of methoxy groups -OCH3 is 1. The van der Waals surface area contributed by atoms with Gasteiger partial charge in [0.25, 0.3) is 0 Å². The van der Waals surface area contributed by atoms with Crippen molar-refractivity contribution in [3.63, 3.8) is 0 Å². The molecule has 0 bridgehead atoms. The first-order valence-corrected chi connectivity index (χ1v) is 8.51. The second kappa shape index (κ2) is 6.71. The van der Waals surface area contributed by atoms with E-state index in [4.69, 9.17) is 4.74 Å². The molecule has 0 aliphatic carbocycles. The van der Waals surface area contributed by atoms with E-state index >= 15 is 0 Å². The number of rotatable bonds is 2. The molecule has 24 heavy (non-hydrogen) atoms. The number of piperidine rings is 2. The lowest BCUT2D eigenvalue weighted by Crippen LogP contribution is -2.62. The third-order valence-electron chi connectivity index (χ3n) is 5.30.